The predicted octanol–water partition coefficient (Wildman–Crippen LogP) is 2.44. The number of sulfonamides is 1. The number of amides is 1. The summed E-state index contributed by atoms with van der Waals surface area (Å²) in [5.74, 6) is -0.875. The van der Waals surface area contributed by atoms with Gasteiger partial charge in [0.2, 0.25) is 10.0 Å². The van der Waals surface area contributed by atoms with Gasteiger partial charge < -0.3 is 14.8 Å². The number of hydrogen-bond donors (Lipinski definition) is 1. The summed E-state index contributed by atoms with van der Waals surface area (Å²) in [5.41, 5.74) is 1.82. The topological polar surface area (TPSA) is 102 Å². The molecule has 2 aromatic carbocycles. The summed E-state index contributed by atoms with van der Waals surface area (Å²) in [6.07, 6.45) is 0. The first kappa shape index (κ1) is 21.9. The van der Waals surface area contributed by atoms with E-state index in [-0.39, 0.29) is 30.2 Å². The molecule has 0 aromatic heterocycles. The molecule has 1 fully saturated rings. The fourth-order valence-corrected chi connectivity index (χ4v) is 4.53. The number of nitrogens with zero attached hydrogens (tertiary/aromatic N) is 1. The van der Waals surface area contributed by atoms with E-state index >= 15 is 0 Å². The maximum atomic E-state index is 12.8. The number of rotatable bonds is 6. The number of carbonyl (C=O) groups is 2. The molecular weight excluding hydrogens is 408 g/mol. The molecule has 0 radical (unpaired) electrons. The Balaban J connectivity index is 1.78. The summed E-state index contributed by atoms with van der Waals surface area (Å²) in [7, 11) is -3.70. The number of carbonyl (C=O) groups excluding carboxylic acids is 2. The summed E-state index contributed by atoms with van der Waals surface area (Å²) in [6.45, 7) is 5.03. The molecule has 1 amide bonds. The third kappa shape index (κ3) is 4.86. The first-order chi connectivity index (χ1) is 14.3. The van der Waals surface area contributed by atoms with Crippen molar-refractivity contribution in [1.29, 1.82) is 0 Å². The molecule has 1 saturated heterocycles. The molecule has 0 spiro atoms. The van der Waals surface area contributed by atoms with Gasteiger partial charge in [-0.2, -0.15) is 4.31 Å². The van der Waals surface area contributed by atoms with Crippen LogP contribution in [0.25, 0.3) is 0 Å². The zero-order valence-corrected chi connectivity index (χ0v) is 17.7. The Morgan fingerprint density at radius 1 is 1.10 bits per heavy atom. The van der Waals surface area contributed by atoms with Crippen LogP contribution in [-0.4, -0.2) is 57.5 Å². The van der Waals surface area contributed by atoms with Gasteiger partial charge in [0.25, 0.3) is 5.91 Å². The van der Waals surface area contributed by atoms with Crippen molar-refractivity contribution in [3.63, 3.8) is 0 Å². The monoisotopic (exact) mass is 432 g/mol. The third-order valence-electron chi connectivity index (χ3n) is 4.69. The number of nitrogens with one attached hydrogen (secondary N) is 1. The van der Waals surface area contributed by atoms with Gasteiger partial charge in [0.1, 0.15) is 0 Å². The number of aryl methyl sites for hydroxylation is 1. The highest BCUT2D eigenvalue weighted by atomic mass is 32.2. The third-order valence-corrected chi connectivity index (χ3v) is 6.58. The zero-order chi connectivity index (χ0) is 21.7. The molecule has 0 unspecified atom stereocenters. The second-order valence-corrected chi connectivity index (χ2v) is 8.69. The van der Waals surface area contributed by atoms with Gasteiger partial charge in [-0.1, -0.05) is 6.07 Å². The van der Waals surface area contributed by atoms with E-state index < -0.39 is 21.9 Å². The Morgan fingerprint density at radius 3 is 2.50 bits per heavy atom. The van der Waals surface area contributed by atoms with Gasteiger partial charge in [-0.15, -0.1) is 0 Å². The fourth-order valence-electron chi connectivity index (χ4n) is 3.07. The number of benzene rings is 2. The van der Waals surface area contributed by atoms with E-state index in [1.54, 1.807) is 44.2 Å². The van der Waals surface area contributed by atoms with Crippen molar-refractivity contribution in [1.82, 2.24) is 4.31 Å². The minimum absolute atomic E-state index is 0.0615. The van der Waals surface area contributed by atoms with Crippen molar-refractivity contribution in [2.75, 3.05) is 38.2 Å². The molecule has 160 valence electrons. The molecule has 0 aliphatic carbocycles. The van der Waals surface area contributed by atoms with E-state index in [4.69, 9.17) is 9.47 Å². The molecule has 1 heterocycles. The lowest BCUT2D eigenvalue weighted by Gasteiger charge is -2.26. The number of hydrogen-bond acceptors (Lipinski definition) is 6. The Bertz CT molecular complexity index is 1050. The normalized spacial score (nSPS) is 14.9. The summed E-state index contributed by atoms with van der Waals surface area (Å²) in [4.78, 5) is 24.6. The highest BCUT2D eigenvalue weighted by Crippen LogP contribution is 2.21. The van der Waals surface area contributed by atoms with Crippen molar-refractivity contribution in [2.24, 2.45) is 0 Å². The molecule has 9 heteroatoms. The number of esters is 1. The molecule has 0 bridgehead atoms. The van der Waals surface area contributed by atoms with Crippen LogP contribution in [0.15, 0.2) is 47.4 Å². The van der Waals surface area contributed by atoms with E-state index in [2.05, 4.69) is 5.32 Å². The van der Waals surface area contributed by atoms with Gasteiger partial charge in [0.15, 0.2) is 0 Å². The largest absolute Gasteiger partial charge is 0.462 e. The smallest absolute Gasteiger partial charge is 0.338 e. The Kier molecular flexibility index (Phi) is 6.86. The van der Waals surface area contributed by atoms with Crippen LogP contribution in [-0.2, 0) is 19.5 Å². The quantitative estimate of drug-likeness (QED) is 0.704. The molecule has 3 rings (SSSR count). The minimum atomic E-state index is -3.70. The first-order valence-electron chi connectivity index (χ1n) is 9.60. The van der Waals surface area contributed by atoms with Crippen LogP contribution in [0, 0.1) is 6.92 Å². The van der Waals surface area contributed by atoms with Gasteiger partial charge in [-0.25, -0.2) is 13.2 Å². The van der Waals surface area contributed by atoms with Crippen molar-refractivity contribution in [3.05, 3.63) is 59.2 Å². The van der Waals surface area contributed by atoms with Crippen LogP contribution in [0.2, 0.25) is 0 Å². The highest BCUT2D eigenvalue weighted by Gasteiger charge is 2.27. The van der Waals surface area contributed by atoms with Crippen molar-refractivity contribution in [3.8, 4) is 0 Å². The summed E-state index contributed by atoms with van der Waals surface area (Å²) in [5, 5.41) is 2.76. The van der Waals surface area contributed by atoms with Gasteiger partial charge in [-0.3, -0.25) is 4.79 Å². The zero-order valence-electron chi connectivity index (χ0n) is 16.9. The molecule has 30 heavy (non-hydrogen) atoms. The second kappa shape index (κ2) is 9.38. The number of ether oxygens (including phenoxy) is 2. The minimum Gasteiger partial charge on any atom is -0.462 e. The van der Waals surface area contributed by atoms with Crippen LogP contribution in [0.1, 0.15) is 33.2 Å². The Labute approximate surface area is 175 Å². The van der Waals surface area contributed by atoms with Crippen molar-refractivity contribution < 1.29 is 27.5 Å². The van der Waals surface area contributed by atoms with Gasteiger partial charge in [0.05, 0.1) is 30.3 Å². The molecule has 1 N–H and O–H groups in total. The van der Waals surface area contributed by atoms with E-state index in [1.165, 1.54) is 16.4 Å². The molecule has 2 aromatic rings. The maximum Gasteiger partial charge on any atom is 0.338 e. The number of anilines is 1. The molecule has 0 saturated carbocycles. The summed E-state index contributed by atoms with van der Waals surface area (Å²) >= 11 is 0. The molecule has 8 nitrogen and oxygen atoms in total. The van der Waals surface area contributed by atoms with Crippen molar-refractivity contribution >= 4 is 27.6 Å². The van der Waals surface area contributed by atoms with Gasteiger partial charge >= 0.3 is 5.97 Å². The average molecular weight is 432 g/mol. The van der Waals surface area contributed by atoms with Crippen LogP contribution in [0.4, 0.5) is 5.69 Å². The van der Waals surface area contributed by atoms with Crippen LogP contribution >= 0.6 is 0 Å². The van der Waals surface area contributed by atoms with Gasteiger partial charge in [-0.05, 0) is 55.8 Å². The van der Waals surface area contributed by atoms with E-state index in [1.807, 2.05) is 0 Å². The van der Waals surface area contributed by atoms with Crippen LogP contribution < -0.4 is 5.32 Å². The molecule has 0 atom stereocenters. The van der Waals surface area contributed by atoms with Crippen LogP contribution in [0.3, 0.4) is 0 Å². The van der Waals surface area contributed by atoms with Crippen LogP contribution in [0.5, 0.6) is 0 Å². The van der Waals surface area contributed by atoms with Crippen molar-refractivity contribution in [2.45, 2.75) is 18.7 Å². The Morgan fingerprint density at radius 2 is 1.83 bits per heavy atom. The summed E-state index contributed by atoms with van der Waals surface area (Å²) in [6, 6.07) is 10.7. The molecule has 1 aliphatic heterocycles. The maximum absolute atomic E-state index is 12.8. The standard InChI is InChI=1S/C21H24N2O6S/c1-3-29-21(25)17-7-8-19(15(2)13-17)22-20(24)16-5-4-6-18(14-16)30(26,27)23-9-11-28-12-10-23/h4-8,13-14H,3,9-12H2,1-2H3,(H,22,24). The summed E-state index contributed by atoms with van der Waals surface area (Å²) < 4.78 is 37.2. The van der Waals surface area contributed by atoms with Gasteiger partial charge in [0, 0.05) is 24.3 Å². The molecule has 1 aliphatic rings. The predicted molar refractivity (Wildman–Crippen MR) is 111 cm³/mol. The first-order valence-corrected chi connectivity index (χ1v) is 11.0. The lowest BCUT2D eigenvalue weighted by molar-refractivity contribution is 0.0526. The lowest BCUT2D eigenvalue weighted by atomic mass is 10.1. The van der Waals surface area contributed by atoms with E-state index in [9.17, 15) is 18.0 Å². The Hall–Kier alpha value is -2.75. The fraction of sp³-hybridized carbons (Fsp3) is 0.333. The SMILES string of the molecule is CCOC(=O)c1ccc(NC(=O)c2cccc(S(=O)(=O)N3CCOCC3)c2)c(C)c1. The second-order valence-electron chi connectivity index (χ2n) is 6.75. The van der Waals surface area contributed by atoms with E-state index in [0.29, 0.717) is 30.0 Å². The number of morpholine rings is 1. The average Bonchev–Trinajstić information content (AvgIpc) is 2.76. The lowest BCUT2D eigenvalue weighted by Crippen LogP contribution is -2.40. The van der Waals surface area contributed by atoms with E-state index in [0.717, 1.165) is 0 Å². The molecular formula is C21H24N2O6S. The highest BCUT2D eigenvalue weighted by molar-refractivity contribution is 7.89.